The van der Waals surface area contributed by atoms with Crippen molar-refractivity contribution in [3.05, 3.63) is 65.7 Å². The smallest absolute Gasteiger partial charge is 0.329 e. The number of carboxylic acid groups (broad SMARTS) is 1. The summed E-state index contributed by atoms with van der Waals surface area (Å²) in [6.07, 6.45) is 1.06. The molecule has 3 N–H and O–H groups in total. The second-order valence-electron chi connectivity index (χ2n) is 9.85. The monoisotopic (exact) mass is 495 g/mol. The number of nitrogens with one attached hydrogen (secondary N) is 2. The number of carboxylic acids is 1. The fourth-order valence-corrected chi connectivity index (χ4v) is 4.21. The van der Waals surface area contributed by atoms with Gasteiger partial charge in [0.1, 0.15) is 11.6 Å². The van der Waals surface area contributed by atoms with E-state index in [4.69, 9.17) is 4.74 Å². The molecule has 0 bridgehead atoms. The quantitative estimate of drug-likeness (QED) is 0.497. The molecule has 1 saturated heterocycles. The fraction of sp³-hybridized carbons (Fsp3) is 0.407. The number of carbonyl (C=O) groups excluding carboxylic acids is 3. The number of aliphatic carboxylic acids is 1. The number of likely N-dealkylation sites (tertiary alicyclic amines) is 1. The van der Waals surface area contributed by atoms with Crippen LogP contribution in [-0.2, 0) is 19.1 Å². The molecule has 3 atom stereocenters. The van der Waals surface area contributed by atoms with Gasteiger partial charge in [-0.2, -0.15) is 0 Å². The molecule has 0 saturated carbocycles. The van der Waals surface area contributed by atoms with Crippen LogP contribution in [0, 0.1) is 0 Å². The Bertz CT molecular complexity index is 1110. The molecule has 3 rings (SSSR count). The predicted molar refractivity (Wildman–Crippen MR) is 134 cm³/mol. The molecular weight excluding hydrogens is 462 g/mol. The third-order valence-electron chi connectivity index (χ3n) is 5.95. The lowest BCUT2D eigenvalue weighted by Crippen LogP contribution is -2.48. The van der Waals surface area contributed by atoms with Crippen LogP contribution in [0.3, 0.4) is 0 Å². The van der Waals surface area contributed by atoms with E-state index in [1.165, 1.54) is 4.90 Å². The summed E-state index contributed by atoms with van der Waals surface area (Å²) < 4.78 is 5.56. The highest BCUT2D eigenvalue weighted by Crippen LogP contribution is 2.37. The van der Waals surface area contributed by atoms with Gasteiger partial charge in [0.2, 0.25) is 5.91 Å². The average Bonchev–Trinajstić information content (AvgIpc) is 3.27. The molecular formula is C27H33N3O6. The Morgan fingerprint density at radius 2 is 1.75 bits per heavy atom. The number of nitrogens with zero attached hydrogens (tertiary/aromatic N) is 1. The molecule has 9 heteroatoms. The Labute approximate surface area is 210 Å². The van der Waals surface area contributed by atoms with Gasteiger partial charge in [-0.1, -0.05) is 42.5 Å². The van der Waals surface area contributed by atoms with Gasteiger partial charge in [0.05, 0.1) is 18.5 Å². The number of amides is 3. The van der Waals surface area contributed by atoms with E-state index < -0.39 is 41.4 Å². The molecule has 0 spiro atoms. The molecule has 1 fully saturated rings. The van der Waals surface area contributed by atoms with Gasteiger partial charge >= 0.3 is 18.0 Å². The van der Waals surface area contributed by atoms with E-state index in [9.17, 15) is 24.3 Å². The van der Waals surface area contributed by atoms with Crippen LogP contribution >= 0.6 is 0 Å². The summed E-state index contributed by atoms with van der Waals surface area (Å²) in [7, 11) is 0. The lowest BCUT2D eigenvalue weighted by atomic mass is 10.0. The number of urea groups is 1. The van der Waals surface area contributed by atoms with Crippen LogP contribution in [0.15, 0.2) is 54.6 Å². The van der Waals surface area contributed by atoms with Gasteiger partial charge in [-0.25, -0.2) is 9.59 Å². The van der Waals surface area contributed by atoms with Gasteiger partial charge in [-0.3, -0.25) is 9.59 Å². The van der Waals surface area contributed by atoms with E-state index in [0.717, 1.165) is 5.56 Å². The first kappa shape index (κ1) is 26.7. The van der Waals surface area contributed by atoms with Crippen molar-refractivity contribution in [2.45, 2.75) is 64.1 Å². The lowest BCUT2D eigenvalue weighted by molar-refractivity contribution is -0.164. The first-order valence-electron chi connectivity index (χ1n) is 11.9. The van der Waals surface area contributed by atoms with Gasteiger partial charge in [0.25, 0.3) is 0 Å². The maximum Gasteiger partial charge on any atom is 0.329 e. The summed E-state index contributed by atoms with van der Waals surface area (Å²) in [5.74, 6) is -2.57. The topological polar surface area (TPSA) is 125 Å². The third-order valence-corrected chi connectivity index (χ3v) is 5.95. The summed E-state index contributed by atoms with van der Waals surface area (Å²) in [6.45, 7) is 6.57. The highest BCUT2D eigenvalue weighted by Gasteiger charge is 2.43. The van der Waals surface area contributed by atoms with Crippen molar-refractivity contribution in [2.24, 2.45) is 0 Å². The summed E-state index contributed by atoms with van der Waals surface area (Å²) in [6, 6.07) is 14.3. The Morgan fingerprint density at radius 3 is 2.39 bits per heavy atom. The van der Waals surface area contributed by atoms with Crippen molar-refractivity contribution in [2.75, 3.05) is 11.9 Å². The number of ether oxygens (including phenoxy) is 1. The first-order chi connectivity index (χ1) is 17.0. The number of esters is 1. The Kier molecular flexibility index (Phi) is 8.34. The molecule has 9 nitrogen and oxygen atoms in total. The average molecular weight is 496 g/mol. The second kappa shape index (κ2) is 11.2. The maximum absolute atomic E-state index is 13.3. The fourth-order valence-electron chi connectivity index (χ4n) is 4.21. The second-order valence-corrected chi connectivity index (χ2v) is 9.85. The molecule has 192 valence electrons. The normalized spacial score (nSPS) is 18.3. The number of anilines is 1. The SMILES string of the molecule is CC(C(=O)O)c1cccc(NC(=O)NCC(=O)N2C(C(=O)OC(C)(C)C)CCC2c2ccccc2)c1. The van der Waals surface area contributed by atoms with Crippen molar-refractivity contribution in [1.82, 2.24) is 10.2 Å². The highest BCUT2D eigenvalue weighted by molar-refractivity contribution is 5.93. The largest absolute Gasteiger partial charge is 0.481 e. The van der Waals surface area contributed by atoms with Gasteiger partial charge in [-0.05, 0) is 63.8 Å². The standard InChI is InChI=1S/C27H33N3O6/c1-17(24(32)33)19-11-8-12-20(15-19)29-26(35)28-16-23(31)30-21(18-9-6-5-7-10-18)13-14-22(30)25(34)36-27(2,3)4/h5-12,15,17,21-22H,13-14,16H2,1-4H3,(H,32,33)(H2,28,29,35). The molecule has 1 aliphatic rings. The number of benzene rings is 2. The van der Waals surface area contributed by atoms with Crippen molar-refractivity contribution in [3.63, 3.8) is 0 Å². The van der Waals surface area contributed by atoms with E-state index >= 15 is 0 Å². The van der Waals surface area contributed by atoms with Gasteiger partial charge in [0, 0.05) is 5.69 Å². The van der Waals surface area contributed by atoms with E-state index in [2.05, 4.69) is 10.6 Å². The van der Waals surface area contributed by atoms with Crippen LogP contribution in [0.25, 0.3) is 0 Å². The first-order valence-corrected chi connectivity index (χ1v) is 11.9. The molecule has 3 unspecified atom stereocenters. The van der Waals surface area contributed by atoms with Crippen LogP contribution in [0.2, 0.25) is 0 Å². The summed E-state index contributed by atoms with van der Waals surface area (Å²) in [5.41, 5.74) is 1.16. The Balaban J connectivity index is 1.70. The highest BCUT2D eigenvalue weighted by atomic mass is 16.6. The number of hydrogen-bond donors (Lipinski definition) is 3. The van der Waals surface area contributed by atoms with Crippen molar-refractivity contribution in [1.29, 1.82) is 0 Å². The summed E-state index contributed by atoms with van der Waals surface area (Å²) >= 11 is 0. The van der Waals surface area contributed by atoms with Crippen LogP contribution in [-0.4, -0.2) is 52.1 Å². The molecule has 0 aromatic heterocycles. The number of rotatable bonds is 7. The number of carbonyl (C=O) groups is 4. The molecule has 1 aliphatic heterocycles. The van der Waals surface area contributed by atoms with E-state index in [0.29, 0.717) is 24.1 Å². The zero-order valence-electron chi connectivity index (χ0n) is 21.0. The minimum atomic E-state index is -0.972. The summed E-state index contributed by atoms with van der Waals surface area (Å²) in [4.78, 5) is 51.5. The molecule has 3 amide bonds. The molecule has 2 aromatic carbocycles. The van der Waals surface area contributed by atoms with Crippen molar-refractivity contribution < 1.29 is 29.0 Å². The molecule has 0 radical (unpaired) electrons. The van der Waals surface area contributed by atoms with Crippen LogP contribution in [0.1, 0.15) is 63.6 Å². The Hall–Kier alpha value is -3.88. The lowest BCUT2D eigenvalue weighted by Gasteiger charge is -2.31. The van der Waals surface area contributed by atoms with E-state index in [1.54, 1.807) is 52.0 Å². The summed E-state index contributed by atoms with van der Waals surface area (Å²) in [5, 5.41) is 14.4. The van der Waals surface area contributed by atoms with E-state index in [1.807, 2.05) is 30.3 Å². The molecule has 36 heavy (non-hydrogen) atoms. The van der Waals surface area contributed by atoms with Crippen LogP contribution in [0.4, 0.5) is 10.5 Å². The minimum absolute atomic E-state index is 0.310. The Morgan fingerprint density at radius 1 is 1.06 bits per heavy atom. The van der Waals surface area contributed by atoms with Crippen molar-refractivity contribution >= 4 is 29.6 Å². The predicted octanol–water partition coefficient (Wildman–Crippen LogP) is 4.07. The van der Waals surface area contributed by atoms with Gasteiger partial charge in [0.15, 0.2) is 0 Å². The van der Waals surface area contributed by atoms with Crippen molar-refractivity contribution in [3.8, 4) is 0 Å². The molecule has 2 aromatic rings. The van der Waals surface area contributed by atoms with E-state index in [-0.39, 0.29) is 12.6 Å². The zero-order valence-corrected chi connectivity index (χ0v) is 21.0. The van der Waals surface area contributed by atoms with Gasteiger partial charge in [-0.15, -0.1) is 0 Å². The molecule has 0 aliphatic carbocycles. The minimum Gasteiger partial charge on any atom is -0.481 e. The van der Waals surface area contributed by atoms with Gasteiger partial charge < -0.3 is 25.4 Å². The zero-order chi connectivity index (χ0) is 26.5. The third kappa shape index (κ3) is 6.84. The number of hydrogen-bond acceptors (Lipinski definition) is 5. The maximum atomic E-state index is 13.3. The van der Waals surface area contributed by atoms with Crippen LogP contribution < -0.4 is 10.6 Å². The van der Waals surface area contributed by atoms with Crippen LogP contribution in [0.5, 0.6) is 0 Å². The molecule has 1 heterocycles.